The number of methoxy groups -OCH3 is 1. The van der Waals surface area contributed by atoms with Gasteiger partial charge < -0.3 is 15.2 Å². The van der Waals surface area contributed by atoms with E-state index in [0.717, 1.165) is 50.2 Å². The molecule has 2 aromatic carbocycles. The topological polar surface area (TPSA) is 44.7 Å². The molecule has 0 saturated heterocycles. The number of nitrogens with zero attached hydrogens (tertiary/aromatic N) is 1. The first-order valence-electron chi connectivity index (χ1n) is 10.8. The van der Waals surface area contributed by atoms with Crippen LogP contribution in [0.1, 0.15) is 23.6 Å². The molecule has 0 aliphatic heterocycles. The number of fused-ring (bicyclic) bond motifs is 2. The van der Waals surface area contributed by atoms with Crippen LogP contribution in [0.4, 0.5) is 0 Å². The number of rotatable bonds is 10. The van der Waals surface area contributed by atoms with E-state index < -0.39 is 0 Å². The lowest BCUT2D eigenvalue weighted by Gasteiger charge is -2.21. The van der Waals surface area contributed by atoms with Crippen molar-refractivity contribution in [1.82, 2.24) is 10.2 Å². The van der Waals surface area contributed by atoms with Crippen molar-refractivity contribution in [2.75, 3.05) is 33.8 Å². The molecule has 6 heteroatoms. The molecule has 2 heterocycles. The molecule has 0 spiro atoms. The van der Waals surface area contributed by atoms with Gasteiger partial charge in [-0.3, -0.25) is 4.90 Å². The van der Waals surface area contributed by atoms with E-state index in [1.54, 1.807) is 29.8 Å². The summed E-state index contributed by atoms with van der Waals surface area (Å²) in [7, 11) is 3.70. The Labute approximate surface area is 192 Å². The fourth-order valence-corrected chi connectivity index (χ4v) is 6.25. The molecule has 0 saturated carbocycles. The Balaban J connectivity index is 1.49. The molecule has 0 atom stereocenters. The van der Waals surface area contributed by atoms with Gasteiger partial charge in [-0.2, -0.15) is 0 Å². The summed E-state index contributed by atoms with van der Waals surface area (Å²) in [6.07, 6.45) is 1.91. The highest BCUT2D eigenvalue weighted by Crippen LogP contribution is 2.36. The highest BCUT2D eigenvalue weighted by molar-refractivity contribution is 7.17. The molecule has 0 radical (unpaired) electrons. The highest BCUT2D eigenvalue weighted by Gasteiger charge is 2.14. The first kappa shape index (κ1) is 22.1. The van der Waals surface area contributed by atoms with E-state index in [-0.39, 0.29) is 0 Å². The standard InChI is InChI=1S/C25H30N2O2S2/c1-4-27(11-9-19-16-30-22-7-5-6-21(29-3)25(19)22)14-17-12-20(28)24-18(8-10-26-2)15-31-23(24)13-17/h5-7,12-13,15-16,26,28H,4,8-11,14H2,1-3H3. The molecule has 2 aromatic heterocycles. The predicted octanol–water partition coefficient (Wildman–Crippen LogP) is 5.66. The number of phenolic OH excluding ortho intramolecular Hbond substituents is 1. The zero-order valence-electron chi connectivity index (χ0n) is 18.4. The van der Waals surface area contributed by atoms with Gasteiger partial charge in [0.2, 0.25) is 0 Å². The molecule has 0 bridgehead atoms. The van der Waals surface area contributed by atoms with Gasteiger partial charge in [0, 0.05) is 33.3 Å². The van der Waals surface area contributed by atoms with Gasteiger partial charge in [0.15, 0.2) is 0 Å². The van der Waals surface area contributed by atoms with E-state index in [2.05, 4.69) is 46.1 Å². The van der Waals surface area contributed by atoms with E-state index in [0.29, 0.717) is 5.75 Å². The second-order valence-corrected chi connectivity index (χ2v) is 9.64. The molecule has 2 N–H and O–H groups in total. The summed E-state index contributed by atoms with van der Waals surface area (Å²) >= 11 is 3.51. The maximum atomic E-state index is 10.7. The Morgan fingerprint density at radius 3 is 2.55 bits per heavy atom. The lowest BCUT2D eigenvalue weighted by Crippen LogP contribution is -2.25. The summed E-state index contributed by atoms with van der Waals surface area (Å²) in [5.41, 5.74) is 3.74. The minimum Gasteiger partial charge on any atom is -0.507 e. The van der Waals surface area contributed by atoms with Crippen LogP contribution in [-0.2, 0) is 19.4 Å². The van der Waals surface area contributed by atoms with Crippen molar-refractivity contribution < 1.29 is 9.84 Å². The van der Waals surface area contributed by atoms with Gasteiger partial charge in [-0.1, -0.05) is 13.0 Å². The summed E-state index contributed by atoms with van der Waals surface area (Å²) in [6, 6.07) is 10.4. The Bertz CT molecular complexity index is 1170. The Hall–Kier alpha value is -2.12. The molecule has 4 nitrogen and oxygen atoms in total. The van der Waals surface area contributed by atoms with Gasteiger partial charge in [0.25, 0.3) is 0 Å². The minimum atomic E-state index is 0.407. The van der Waals surface area contributed by atoms with E-state index in [1.165, 1.54) is 31.5 Å². The van der Waals surface area contributed by atoms with Gasteiger partial charge in [0.05, 0.1) is 7.11 Å². The van der Waals surface area contributed by atoms with Gasteiger partial charge >= 0.3 is 0 Å². The zero-order chi connectivity index (χ0) is 21.8. The maximum absolute atomic E-state index is 10.7. The molecule has 0 aliphatic rings. The third-order valence-corrected chi connectivity index (χ3v) is 7.82. The van der Waals surface area contributed by atoms with Crippen LogP contribution in [0.25, 0.3) is 20.2 Å². The first-order valence-corrected chi connectivity index (χ1v) is 12.5. The number of nitrogens with one attached hydrogen (secondary N) is 1. The highest BCUT2D eigenvalue weighted by atomic mass is 32.1. The van der Waals surface area contributed by atoms with E-state index in [9.17, 15) is 5.11 Å². The molecule has 164 valence electrons. The van der Waals surface area contributed by atoms with Crippen LogP contribution in [0.5, 0.6) is 11.5 Å². The van der Waals surface area contributed by atoms with E-state index in [1.807, 2.05) is 19.2 Å². The van der Waals surface area contributed by atoms with Crippen LogP contribution in [0.2, 0.25) is 0 Å². The molecule has 4 aromatic rings. The normalized spacial score (nSPS) is 11.7. The van der Waals surface area contributed by atoms with Gasteiger partial charge in [0.1, 0.15) is 11.5 Å². The largest absolute Gasteiger partial charge is 0.507 e. The summed E-state index contributed by atoms with van der Waals surface area (Å²) < 4.78 is 8.05. The molecule has 0 aliphatic carbocycles. The zero-order valence-corrected chi connectivity index (χ0v) is 20.0. The Kier molecular flexibility index (Phi) is 7.13. The van der Waals surface area contributed by atoms with Crippen molar-refractivity contribution in [3.8, 4) is 11.5 Å². The first-order chi connectivity index (χ1) is 15.1. The number of thiophene rings is 2. The number of benzene rings is 2. The number of hydrogen-bond acceptors (Lipinski definition) is 6. The van der Waals surface area contributed by atoms with Crippen molar-refractivity contribution in [3.63, 3.8) is 0 Å². The van der Waals surface area contributed by atoms with Crippen LogP contribution in [0.15, 0.2) is 41.1 Å². The second kappa shape index (κ2) is 10.0. The number of phenols is 1. The predicted molar refractivity (Wildman–Crippen MR) is 134 cm³/mol. The van der Waals surface area contributed by atoms with E-state index >= 15 is 0 Å². The van der Waals surface area contributed by atoms with Crippen LogP contribution in [0, 0.1) is 0 Å². The summed E-state index contributed by atoms with van der Waals surface area (Å²) in [5.74, 6) is 1.36. The summed E-state index contributed by atoms with van der Waals surface area (Å²) in [5, 5.41) is 20.6. The van der Waals surface area contributed by atoms with Gasteiger partial charge in [-0.15, -0.1) is 22.7 Å². The molecular formula is C25H30N2O2S2. The maximum Gasteiger partial charge on any atom is 0.127 e. The lowest BCUT2D eigenvalue weighted by atomic mass is 10.1. The molecule has 0 fully saturated rings. The minimum absolute atomic E-state index is 0.407. The fourth-order valence-electron chi connectivity index (χ4n) is 4.16. The number of hydrogen-bond donors (Lipinski definition) is 2. The van der Waals surface area contributed by atoms with Crippen molar-refractivity contribution in [2.45, 2.75) is 26.3 Å². The number of likely N-dealkylation sites (N-methyl/N-ethyl adjacent to an activating group) is 2. The smallest absolute Gasteiger partial charge is 0.127 e. The molecule has 31 heavy (non-hydrogen) atoms. The van der Waals surface area contributed by atoms with Crippen molar-refractivity contribution in [2.24, 2.45) is 0 Å². The van der Waals surface area contributed by atoms with Crippen LogP contribution >= 0.6 is 22.7 Å². The average Bonchev–Trinajstić information content (AvgIpc) is 3.39. The third kappa shape index (κ3) is 4.72. The second-order valence-electron chi connectivity index (χ2n) is 7.82. The van der Waals surface area contributed by atoms with Gasteiger partial charge in [-0.25, -0.2) is 0 Å². The molecular weight excluding hydrogens is 424 g/mol. The quantitative estimate of drug-likeness (QED) is 0.325. The summed E-state index contributed by atoms with van der Waals surface area (Å²) in [6.45, 7) is 5.89. The Morgan fingerprint density at radius 2 is 1.81 bits per heavy atom. The van der Waals surface area contributed by atoms with Crippen LogP contribution < -0.4 is 10.1 Å². The van der Waals surface area contributed by atoms with E-state index in [4.69, 9.17) is 4.74 Å². The van der Waals surface area contributed by atoms with Crippen LogP contribution in [-0.4, -0.2) is 43.8 Å². The number of aromatic hydroxyl groups is 1. The SMILES string of the molecule is CCN(CCc1csc2cccc(OC)c12)Cc1cc(O)c2c(CCNC)csc2c1. The van der Waals surface area contributed by atoms with Crippen LogP contribution in [0.3, 0.4) is 0 Å². The molecule has 4 rings (SSSR count). The fraction of sp³-hybridized carbons (Fsp3) is 0.360. The van der Waals surface area contributed by atoms with Gasteiger partial charge in [-0.05, 0) is 84.7 Å². The van der Waals surface area contributed by atoms with Crippen molar-refractivity contribution in [3.05, 3.63) is 57.8 Å². The average molecular weight is 455 g/mol. The monoisotopic (exact) mass is 454 g/mol. The third-order valence-electron chi connectivity index (χ3n) is 5.84. The number of ether oxygens (including phenoxy) is 1. The van der Waals surface area contributed by atoms with Crippen molar-refractivity contribution >= 4 is 42.8 Å². The Morgan fingerprint density at radius 1 is 1.03 bits per heavy atom. The van der Waals surface area contributed by atoms with Crippen molar-refractivity contribution in [1.29, 1.82) is 0 Å². The lowest BCUT2D eigenvalue weighted by molar-refractivity contribution is 0.283. The summed E-state index contributed by atoms with van der Waals surface area (Å²) in [4.78, 5) is 2.44. The molecule has 0 amide bonds. The molecule has 0 unspecified atom stereocenters.